The molecule has 0 saturated heterocycles. The molecule has 0 aliphatic carbocycles. The molecule has 7 nitrogen and oxygen atoms in total. The first-order valence-electron chi connectivity index (χ1n) is 6.92. The number of nitrogens with one attached hydrogen (secondary N) is 2. The molecule has 1 atom stereocenters. The molecular weight excluding hydrogens is 286 g/mol. The van der Waals surface area contributed by atoms with Crippen molar-refractivity contribution in [3.05, 3.63) is 24.3 Å². The normalized spacial score (nSPS) is 11.7. The van der Waals surface area contributed by atoms with Crippen LogP contribution in [0.1, 0.15) is 20.8 Å². The minimum Gasteiger partial charge on any atom is -0.425 e. The van der Waals surface area contributed by atoms with Gasteiger partial charge >= 0.3 is 5.97 Å². The number of benzene rings is 1. The molecule has 0 spiro atoms. The van der Waals surface area contributed by atoms with Crippen LogP contribution in [0.5, 0.6) is 5.75 Å². The van der Waals surface area contributed by atoms with Gasteiger partial charge in [-0.15, -0.1) is 0 Å². The molecule has 0 unspecified atom stereocenters. The van der Waals surface area contributed by atoms with Crippen LogP contribution in [0.4, 0.5) is 5.69 Å². The van der Waals surface area contributed by atoms with Gasteiger partial charge in [-0.3, -0.25) is 9.59 Å². The van der Waals surface area contributed by atoms with Crippen molar-refractivity contribution in [1.29, 1.82) is 0 Å². The topological polar surface area (TPSA) is 111 Å². The second-order valence-electron chi connectivity index (χ2n) is 5.12. The molecule has 22 heavy (non-hydrogen) atoms. The maximum absolute atomic E-state index is 12.1. The molecule has 4 N–H and O–H groups in total. The summed E-state index contributed by atoms with van der Waals surface area (Å²) in [6.07, 6.45) is 0. The lowest BCUT2D eigenvalue weighted by atomic mass is 10.0. The van der Waals surface area contributed by atoms with Crippen molar-refractivity contribution in [2.24, 2.45) is 11.7 Å². The minimum absolute atomic E-state index is 0.137. The number of amides is 2. The van der Waals surface area contributed by atoms with Crippen molar-refractivity contribution in [3.63, 3.8) is 0 Å². The van der Waals surface area contributed by atoms with Gasteiger partial charge in [-0.05, 0) is 30.2 Å². The predicted octanol–water partition coefficient (Wildman–Crippen LogP) is 0.650. The van der Waals surface area contributed by atoms with E-state index in [1.54, 1.807) is 38.1 Å². The van der Waals surface area contributed by atoms with Gasteiger partial charge in [0, 0.05) is 12.6 Å². The van der Waals surface area contributed by atoms with E-state index < -0.39 is 17.9 Å². The van der Waals surface area contributed by atoms with E-state index in [1.807, 2.05) is 0 Å². The summed E-state index contributed by atoms with van der Waals surface area (Å²) in [6.45, 7) is 4.80. The fraction of sp³-hybridized carbons (Fsp3) is 0.400. The molecule has 0 radical (unpaired) electrons. The van der Waals surface area contributed by atoms with Crippen LogP contribution in [0.25, 0.3) is 0 Å². The van der Waals surface area contributed by atoms with Gasteiger partial charge in [-0.2, -0.15) is 0 Å². The number of anilines is 1. The number of nitrogens with two attached hydrogens (primary N) is 1. The van der Waals surface area contributed by atoms with E-state index in [2.05, 4.69) is 10.6 Å². The largest absolute Gasteiger partial charge is 0.425 e. The predicted molar refractivity (Wildman–Crippen MR) is 82.2 cm³/mol. The van der Waals surface area contributed by atoms with Crippen molar-refractivity contribution >= 4 is 23.5 Å². The summed E-state index contributed by atoms with van der Waals surface area (Å²) < 4.78 is 5.24. The van der Waals surface area contributed by atoms with Gasteiger partial charge < -0.3 is 21.1 Å². The van der Waals surface area contributed by atoms with Crippen LogP contribution in [0, 0.1) is 5.92 Å². The maximum Gasteiger partial charge on any atom is 0.334 e. The molecule has 0 heterocycles. The van der Waals surface area contributed by atoms with Crippen LogP contribution >= 0.6 is 0 Å². The SMILES string of the molecule is CC(=O)Nc1ccc(OC(=O)[C@@H](NC(=O)CN)C(C)C)cc1. The Labute approximate surface area is 129 Å². The van der Waals surface area contributed by atoms with Gasteiger partial charge in [0.25, 0.3) is 0 Å². The number of hydrogen-bond donors (Lipinski definition) is 3. The summed E-state index contributed by atoms with van der Waals surface area (Å²) in [5.41, 5.74) is 5.83. The third kappa shape index (κ3) is 5.53. The van der Waals surface area contributed by atoms with Gasteiger partial charge in [0.1, 0.15) is 11.8 Å². The Morgan fingerprint density at radius 3 is 2.23 bits per heavy atom. The van der Waals surface area contributed by atoms with Crippen LogP contribution in [0.3, 0.4) is 0 Å². The quantitative estimate of drug-likeness (QED) is 0.528. The Kier molecular flexibility index (Phi) is 6.52. The average Bonchev–Trinajstić information content (AvgIpc) is 2.45. The minimum atomic E-state index is -0.772. The van der Waals surface area contributed by atoms with E-state index in [9.17, 15) is 14.4 Å². The Morgan fingerprint density at radius 1 is 1.18 bits per heavy atom. The molecule has 7 heteroatoms. The van der Waals surface area contributed by atoms with Crippen LogP contribution in [-0.4, -0.2) is 30.4 Å². The van der Waals surface area contributed by atoms with E-state index in [4.69, 9.17) is 10.5 Å². The smallest absolute Gasteiger partial charge is 0.334 e. The van der Waals surface area contributed by atoms with E-state index in [-0.39, 0.29) is 18.4 Å². The summed E-state index contributed by atoms with van der Waals surface area (Å²) in [5, 5.41) is 5.14. The first kappa shape index (κ1) is 17.6. The van der Waals surface area contributed by atoms with Crippen molar-refractivity contribution in [1.82, 2.24) is 5.32 Å². The number of carbonyl (C=O) groups excluding carboxylic acids is 3. The number of carbonyl (C=O) groups is 3. The molecule has 0 aromatic heterocycles. The zero-order valence-electron chi connectivity index (χ0n) is 12.9. The molecule has 120 valence electrons. The monoisotopic (exact) mass is 307 g/mol. The van der Waals surface area contributed by atoms with Gasteiger partial charge in [0.05, 0.1) is 6.54 Å². The van der Waals surface area contributed by atoms with Crippen molar-refractivity contribution in [2.45, 2.75) is 26.8 Å². The van der Waals surface area contributed by atoms with Crippen LogP contribution in [0.15, 0.2) is 24.3 Å². The van der Waals surface area contributed by atoms with E-state index >= 15 is 0 Å². The standard InChI is InChI=1S/C15H21N3O4/c1-9(2)14(18-13(20)8-16)15(21)22-12-6-4-11(5-7-12)17-10(3)19/h4-7,9,14H,8,16H2,1-3H3,(H,17,19)(H,18,20)/t14-/m0/s1. The van der Waals surface area contributed by atoms with Gasteiger partial charge in [-0.25, -0.2) is 4.79 Å². The molecule has 1 aromatic carbocycles. The molecule has 2 amide bonds. The van der Waals surface area contributed by atoms with Crippen LogP contribution in [-0.2, 0) is 14.4 Å². The summed E-state index contributed by atoms with van der Waals surface area (Å²) in [4.78, 5) is 34.4. The zero-order valence-corrected chi connectivity index (χ0v) is 12.9. The Hall–Kier alpha value is -2.41. The zero-order chi connectivity index (χ0) is 16.7. The summed E-state index contributed by atoms with van der Waals surface area (Å²) in [6, 6.07) is 5.59. The molecule has 0 aliphatic heterocycles. The Morgan fingerprint density at radius 2 is 1.77 bits per heavy atom. The van der Waals surface area contributed by atoms with Crippen molar-refractivity contribution in [2.75, 3.05) is 11.9 Å². The maximum atomic E-state index is 12.1. The highest BCUT2D eigenvalue weighted by Gasteiger charge is 2.25. The number of hydrogen-bond acceptors (Lipinski definition) is 5. The van der Waals surface area contributed by atoms with Gasteiger partial charge in [0.15, 0.2) is 0 Å². The molecule has 1 rings (SSSR count). The third-order valence-electron chi connectivity index (χ3n) is 2.82. The van der Waals surface area contributed by atoms with Crippen LogP contribution in [0.2, 0.25) is 0 Å². The summed E-state index contributed by atoms with van der Waals surface area (Å²) in [7, 11) is 0. The fourth-order valence-electron chi connectivity index (χ4n) is 1.72. The lowest BCUT2D eigenvalue weighted by molar-refractivity contribution is -0.140. The molecule has 0 saturated carbocycles. The fourth-order valence-corrected chi connectivity index (χ4v) is 1.72. The van der Waals surface area contributed by atoms with Gasteiger partial charge in [0.2, 0.25) is 11.8 Å². The summed E-state index contributed by atoms with van der Waals surface area (Å²) in [5.74, 6) is -0.983. The van der Waals surface area contributed by atoms with E-state index in [0.717, 1.165) is 0 Å². The van der Waals surface area contributed by atoms with Gasteiger partial charge in [-0.1, -0.05) is 13.8 Å². The van der Waals surface area contributed by atoms with Crippen LogP contribution < -0.4 is 21.1 Å². The second kappa shape index (κ2) is 8.14. The van der Waals surface area contributed by atoms with E-state index in [0.29, 0.717) is 11.4 Å². The van der Waals surface area contributed by atoms with Crippen molar-refractivity contribution in [3.8, 4) is 5.75 Å². The highest BCUT2D eigenvalue weighted by molar-refractivity contribution is 5.89. The molecule has 1 aromatic rings. The molecule has 0 bridgehead atoms. The molecule has 0 fully saturated rings. The number of ether oxygens (including phenoxy) is 1. The average molecular weight is 307 g/mol. The summed E-state index contributed by atoms with van der Waals surface area (Å²) >= 11 is 0. The highest BCUT2D eigenvalue weighted by atomic mass is 16.5. The lowest BCUT2D eigenvalue weighted by Gasteiger charge is -2.20. The highest BCUT2D eigenvalue weighted by Crippen LogP contribution is 2.17. The number of esters is 1. The van der Waals surface area contributed by atoms with E-state index in [1.165, 1.54) is 6.92 Å². The Balaban J connectivity index is 2.72. The van der Waals surface area contributed by atoms with Crippen molar-refractivity contribution < 1.29 is 19.1 Å². The first-order chi connectivity index (χ1) is 10.3. The Bertz CT molecular complexity index is 540. The lowest BCUT2D eigenvalue weighted by Crippen LogP contribution is -2.48. The third-order valence-corrected chi connectivity index (χ3v) is 2.82. The number of rotatable bonds is 6. The first-order valence-corrected chi connectivity index (χ1v) is 6.92. The second-order valence-corrected chi connectivity index (χ2v) is 5.12. The molecular formula is C15H21N3O4. The molecule has 0 aliphatic rings.